The summed E-state index contributed by atoms with van der Waals surface area (Å²) < 4.78 is 14.9. The number of nitrogens with zero attached hydrogens (tertiary/aromatic N) is 2. The van der Waals surface area contributed by atoms with Crippen molar-refractivity contribution in [3.05, 3.63) is 53.4 Å². The first-order chi connectivity index (χ1) is 7.69. The maximum atomic E-state index is 13.1. The third kappa shape index (κ3) is 2.28. The van der Waals surface area contributed by atoms with E-state index in [-0.39, 0.29) is 12.4 Å². The highest BCUT2D eigenvalue weighted by Gasteiger charge is 2.02. The molecule has 0 aliphatic rings. The Balaban J connectivity index is 2.22. The van der Waals surface area contributed by atoms with Gasteiger partial charge in [-0.05, 0) is 30.2 Å². The molecule has 0 bridgehead atoms. The number of aliphatic hydroxyl groups is 1. The molecule has 16 heavy (non-hydrogen) atoms. The zero-order valence-corrected chi connectivity index (χ0v) is 9.02. The topological polar surface area (TPSA) is 38.0 Å². The summed E-state index contributed by atoms with van der Waals surface area (Å²) in [7, 11) is 0. The van der Waals surface area contributed by atoms with Gasteiger partial charge in [-0.1, -0.05) is 6.07 Å². The fourth-order valence-corrected chi connectivity index (χ4v) is 1.58. The van der Waals surface area contributed by atoms with Crippen molar-refractivity contribution in [1.82, 2.24) is 9.55 Å². The van der Waals surface area contributed by atoms with Gasteiger partial charge in [0.2, 0.25) is 0 Å². The molecule has 2 aromatic rings. The molecule has 0 amide bonds. The van der Waals surface area contributed by atoms with E-state index in [2.05, 4.69) is 4.98 Å². The monoisotopic (exact) mass is 220 g/mol. The lowest BCUT2D eigenvalue weighted by Crippen LogP contribution is -1.99. The minimum atomic E-state index is -0.233. The van der Waals surface area contributed by atoms with Crippen LogP contribution < -0.4 is 0 Å². The molecule has 0 unspecified atom stereocenters. The van der Waals surface area contributed by atoms with Crippen molar-refractivity contribution in [1.29, 1.82) is 0 Å². The summed E-state index contributed by atoms with van der Waals surface area (Å²) in [6, 6.07) is 4.73. The van der Waals surface area contributed by atoms with Crippen molar-refractivity contribution in [3.8, 4) is 0 Å². The predicted octanol–water partition coefficient (Wildman–Crippen LogP) is 1.87. The lowest BCUT2D eigenvalue weighted by molar-refractivity contribution is 0.277. The maximum absolute atomic E-state index is 13.1. The SMILES string of the molecule is Cc1ccc(F)cc1Cn1cnc(CO)c1. The number of imidazole rings is 1. The van der Waals surface area contributed by atoms with E-state index in [4.69, 9.17) is 5.11 Å². The molecule has 0 fully saturated rings. The van der Waals surface area contributed by atoms with E-state index in [1.165, 1.54) is 12.1 Å². The van der Waals surface area contributed by atoms with Crippen LogP contribution in [0.2, 0.25) is 0 Å². The molecule has 1 aromatic carbocycles. The molecule has 0 aliphatic heterocycles. The van der Waals surface area contributed by atoms with Crippen LogP contribution in [0.25, 0.3) is 0 Å². The summed E-state index contributed by atoms with van der Waals surface area (Å²) in [5.74, 6) is -0.233. The van der Waals surface area contributed by atoms with E-state index >= 15 is 0 Å². The molecule has 0 aliphatic carbocycles. The number of aliphatic hydroxyl groups excluding tert-OH is 1. The fraction of sp³-hybridized carbons (Fsp3) is 0.250. The van der Waals surface area contributed by atoms with Gasteiger partial charge >= 0.3 is 0 Å². The molecule has 3 nitrogen and oxygen atoms in total. The van der Waals surface area contributed by atoms with Gasteiger partial charge in [-0.2, -0.15) is 0 Å². The van der Waals surface area contributed by atoms with Gasteiger partial charge in [0.15, 0.2) is 0 Å². The lowest BCUT2D eigenvalue weighted by atomic mass is 10.1. The molecule has 0 radical (unpaired) electrons. The van der Waals surface area contributed by atoms with Crippen LogP contribution in [0.4, 0.5) is 4.39 Å². The predicted molar refractivity (Wildman–Crippen MR) is 58.4 cm³/mol. The van der Waals surface area contributed by atoms with Crippen LogP contribution in [0.15, 0.2) is 30.7 Å². The van der Waals surface area contributed by atoms with Gasteiger partial charge in [0.25, 0.3) is 0 Å². The third-order valence-electron chi connectivity index (χ3n) is 2.51. The fourth-order valence-electron chi connectivity index (χ4n) is 1.58. The van der Waals surface area contributed by atoms with Crippen LogP contribution in [-0.4, -0.2) is 14.7 Å². The number of rotatable bonds is 3. The van der Waals surface area contributed by atoms with Gasteiger partial charge in [0, 0.05) is 12.7 Å². The van der Waals surface area contributed by atoms with Crippen molar-refractivity contribution in [2.24, 2.45) is 0 Å². The van der Waals surface area contributed by atoms with Gasteiger partial charge in [0.1, 0.15) is 5.82 Å². The summed E-state index contributed by atoms with van der Waals surface area (Å²) in [6.07, 6.45) is 3.39. The van der Waals surface area contributed by atoms with E-state index in [9.17, 15) is 4.39 Å². The van der Waals surface area contributed by atoms with E-state index in [0.717, 1.165) is 11.1 Å². The smallest absolute Gasteiger partial charge is 0.123 e. The van der Waals surface area contributed by atoms with Crippen LogP contribution in [-0.2, 0) is 13.2 Å². The second-order valence-corrected chi connectivity index (χ2v) is 3.77. The highest BCUT2D eigenvalue weighted by Crippen LogP contribution is 2.12. The first-order valence-electron chi connectivity index (χ1n) is 5.05. The molecule has 0 saturated heterocycles. The number of benzene rings is 1. The van der Waals surface area contributed by atoms with Crippen molar-refractivity contribution < 1.29 is 9.50 Å². The van der Waals surface area contributed by atoms with Gasteiger partial charge < -0.3 is 9.67 Å². The molecule has 2 rings (SSSR count). The van der Waals surface area contributed by atoms with Crippen LogP contribution >= 0.6 is 0 Å². The molecule has 1 aromatic heterocycles. The first kappa shape index (κ1) is 10.8. The molecule has 1 N–H and O–H groups in total. The molecule has 0 saturated carbocycles. The molecular weight excluding hydrogens is 207 g/mol. The van der Waals surface area contributed by atoms with Crippen molar-refractivity contribution in [2.75, 3.05) is 0 Å². The molecule has 0 atom stereocenters. The quantitative estimate of drug-likeness (QED) is 0.857. The lowest BCUT2D eigenvalue weighted by Gasteiger charge is -2.06. The summed E-state index contributed by atoms with van der Waals surface area (Å²) in [5, 5.41) is 8.88. The number of hydrogen-bond acceptors (Lipinski definition) is 2. The van der Waals surface area contributed by atoms with Crippen LogP contribution in [0.1, 0.15) is 16.8 Å². The normalized spacial score (nSPS) is 10.7. The zero-order valence-electron chi connectivity index (χ0n) is 9.02. The number of aryl methyl sites for hydroxylation is 1. The van der Waals surface area contributed by atoms with Crippen molar-refractivity contribution in [2.45, 2.75) is 20.1 Å². The van der Waals surface area contributed by atoms with Crippen LogP contribution in [0, 0.1) is 12.7 Å². The Labute approximate surface area is 93.2 Å². The highest BCUT2D eigenvalue weighted by atomic mass is 19.1. The van der Waals surface area contributed by atoms with Crippen LogP contribution in [0.5, 0.6) is 0 Å². The minimum Gasteiger partial charge on any atom is -0.390 e. The summed E-state index contributed by atoms with van der Waals surface area (Å²) in [4.78, 5) is 4.00. The minimum absolute atomic E-state index is 0.0743. The first-order valence-corrected chi connectivity index (χ1v) is 5.05. The summed E-state index contributed by atoms with van der Waals surface area (Å²) in [6.45, 7) is 2.43. The third-order valence-corrected chi connectivity index (χ3v) is 2.51. The zero-order chi connectivity index (χ0) is 11.5. The molecular formula is C12H13FN2O. The van der Waals surface area contributed by atoms with Gasteiger partial charge in [-0.15, -0.1) is 0 Å². The average molecular weight is 220 g/mol. The Bertz CT molecular complexity index is 494. The summed E-state index contributed by atoms with van der Waals surface area (Å²) >= 11 is 0. The maximum Gasteiger partial charge on any atom is 0.123 e. The number of aromatic nitrogens is 2. The Morgan fingerprint density at radius 2 is 2.25 bits per heavy atom. The Hall–Kier alpha value is -1.68. The molecule has 1 heterocycles. The van der Waals surface area contributed by atoms with Gasteiger partial charge in [-0.3, -0.25) is 0 Å². The summed E-state index contributed by atoms with van der Waals surface area (Å²) in [5.41, 5.74) is 2.58. The van der Waals surface area contributed by atoms with Gasteiger partial charge in [-0.25, -0.2) is 9.37 Å². The average Bonchev–Trinajstić information content (AvgIpc) is 2.71. The van der Waals surface area contributed by atoms with E-state index < -0.39 is 0 Å². The molecule has 84 valence electrons. The molecule has 4 heteroatoms. The Kier molecular flexibility index (Phi) is 3.01. The number of halogens is 1. The highest BCUT2D eigenvalue weighted by molar-refractivity contribution is 5.26. The van der Waals surface area contributed by atoms with E-state index in [1.54, 1.807) is 18.6 Å². The Morgan fingerprint density at radius 3 is 2.94 bits per heavy atom. The van der Waals surface area contributed by atoms with E-state index in [0.29, 0.717) is 12.2 Å². The van der Waals surface area contributed by atoms with Crippen molar-refractivity contribution >= 4 is 0 Å². The van der Waals surface area contributed by atoms with Crippen LogP contribution in [0.3, 0.4) is 0 Å². The molecule has 0 spiro atoms. The Morgan fingerprint density at radius 1 is 1.44 bits per heavy atom. The number of hydrogen-bond donors (Lipinski definition) is 1. The second kappa shape index (κ2) is 4.45. The second-order valence-electron chi connectivity index (χ2n) is 3.77. The standard InChI is InChI=1S/C12H13FN2O/c1-9-2-3-11(13)4-10(9)5-15-6-12(7-16)14-8-15/h2-4,6,8,16H,5,7H2,1H3. The van der Waals surface area contributed by atoms with E-state index in [1.807, 2.05) is 11.5 Å². The van der Waals surface area contributed by atoms with Gasteiger partial charge in [0.05, 0.1) is 18.6 Å². The largest absolute Gasteiger partial charge is 0.390 e. The van der Waals surface area contributed by atoms with Crippen molar-refractivity contribution in [3.63, 3.8) is 0 Å².